The Morgan fingerprint density at radius 3 is 2.20 bits per heavy atom. The number of alkyl carbamates (subject to hydrolysis) is 1. The maximum absolute atomic E-state index is 12.3. The summed E-state index contributed by atoms with van der Waals surface area (Å²) in [5, 5.41) is 2.62. The van der Waals surface area contributed by atoms with E-state index in [0.717, 1.165) is 11.1 Å². The van der Waals surface area contributed by atoms with E-state index in [4.69, 9.17) is 4.74 Å². The Bertz CT molecular complexity index is 687. The fourth-order valence-electron chi connectivity index (χ4n) is 2.25. The molecular formula is C20H22N2O3. The van der Waals surface area contributed by atoms with E-state index >= 15 is 0 Å². The van der Waals surface area contributed by atoms with Gasteiger partial charge in [0.05, 0.1) is 0 Å². The molecule has 0 aliphatic rings. The van der Waals surface area contributed by atoms with Gasteiger partial charge in [0.1, 0.15) is 0 Å². The average Bonchev–Trinajstić information content (AvgIpc) is 2.66. The molecule has 0 saturated heterocycles. The van der Waals surface area contributed by atoms with E-state index < -0.39 is 6.09 Å². The van der Waals surface area contributed by atoms with Crippen LogP contribution in [-0.2, 0) is 22.6 Å². The van der Waals surface area contributed by atoms with Gasteiger partial charge in [-0.2, -0.15) is 0 Å². The third-order valence-corrected chi connectivity index (χ3v) is 3.52. The van der Waals surface area contributed by atoms with Crippen LogP contribution in [0.2, 0.25) is 0 Å². The summed E-state index contributed by atoms with van der Waals surface area (Å²) in [6, 6.07) is 19.1. The van der Waals surface area contributed by atoms with Gasteiger partial charge in [0.2, 0.25) is 0 Å². The Kier molecular flexibility index (Phi) is 7.25. The number of rotatable bonds is 8. The molecule has 2 aromatic rings. The monoisotopic (exact) mass is 338 g/mol. The molecule has 0 aliphatic carbocycles. The molecular weight excluding hydrogens is 316 g/mol. The maximum Gasteiger partial charge on any atom is 0.407 e. The highest BCUT2D eigenvalue weighted by Crippen LogP contribution is 2.05. The molecule has 0 aromatic heterocycles. The van der Waals surface area contributed by atoms with Crippen LogP contribution in [-0.4, -0.2) is 30.1 Å². The summed E-state index contributed by atoms with van der Waals surface area (Å²) in [5.41, 5.74) is 1.97. The number of carbonyl (C=O) groups is 2. The van der Waals surface area contributed by atoms with E-state index in [9.17, 15) is 9.59 Å². The topological polar surface area (TPSA) is 58.6 Å². The molecule has 0 radical (unpaired) electrons. The van der Waals surface area contributed by atoms with Crippen molar-refractivity contribution in [3.8, 4) is 0 Å². The van der Waals surface area contributed by atoms with Gasteiger partial charge in [0.15, 0.2) is 6.61 Å². The van der Waals surface area contributed by atoms with Crippen LogP contribution < -0.4 is 5.32 Å². The van der Waals surface area contributed by atoms with E-state index in [1.807, 2.05) is 60.7 Å². The zero-order chi connectivity index (χ0) is 17.9. The molecule has 1 N–H and O–H groups in total. The molecule has 0 heterocycles. The normalized spacial score (nSPS) is 9.92. The van der Waals surface area contributed by atoms with Crippen molar-refractivity contribution in [1.29, 1.82) is 0 Å². The molecule has 2 rings (SSSR count). The van der Waals surface area contributed by atoms with Gasteiger partial charge in [-0.15, -0.1) is 6.58 Å². The Labute approximate surface area is 147 Å². The van der Waals surface area contributed by atoms with Crippen molar-refractivity contribution in [3.05, 3.63) is 84.4 Å². The van der Waals surface area contributed by atoms with Crippen LogP contribution in [0.1, 0.15) is 11.1 Å². The number of benzene rings is 2. The van der Waals surface area contributed by atoms with Gasteiger partial charge in [-0.3, -0.25) is 4.79 Å². The SMILES string of the molecule is C=CCN(Cc1ccccc1)C(=O)COC(=O)NCc1ccccc1. The summed E-state index contributed by atoms with van der Waals surface area (Å²) >= 11 is 0. The first-order valence-electron chi connectivity index (χ1n) is 8.06. The van der Waals surface area contributed by atoms with E-state index in [1.54, 1.807) is 11.0 Å². The number of nitrogens with one attached hydrogen (secondary N) is 1. The second-order valence-corrected chi connectivity index (χ2v) is 5.46. The van der Waals surface area contributed by atoms with Crippen LogP contribution in [0.5, 0.6) is 0 Å². The van der Waals surface area contributed by atoms with Crippen molar-refractivity contribution < 1.29 is 14.3 Å². The first kappa shape index (κ1) is 18.3. The molecule has 0 atom stereocenters. The molecule has 5 heteroatoms. The molecule has 25 heavy (non-hydrogen) atoms. The second kappa shape index (κ2) is 9.93. The van der Waals surface area contributed by atoms with Crippen molar-refractivity contribution in [2.75, 3.05) is 13.2 Å². The van der Waals surface area contributed by atoms with E-state index in [1.165, 1.54) is 0 Å². The van der Waals surface area contributed by atoms with Crippen LogP contribution in [0.4, 0.5) is 4.79 Å². The van der Waals surface area contributed by atoms with Crippen LogP contribution >= 0.6 is 0 Å². The molecule has 2 amide bonds. The van der Waals surface area contributed by atoms with Crippen molar-refractivity contribution in [1.82, 2.24) is 10.2 Å². The lowest BCUT2D eigenvalue weighted by Gasteiger charge is -2.21. The van der Waals surface area contributed by atoms with Crippen molar-refractivity contribution in [2.45, 2.75) is 13.1 Å². The number of hydrogen-bond acceptors (Lipinski definition) is 3. The van der Waals surface area contributed by atoms with Gasteiger partial charge in [-0.1, -0.05) is 66.7 Å². The van der Waals surface area contributed by atoms with Gasteiger partial charge in [-0.25, -0.2) is 4.79 Å². The lowest BCUT2D eigenvalue weighted by Crippen LogP contribution is -2.36. The van der Waals surface area contributed by atoms with Gasteiger partial charge < -0.3 is 15.0 Å². The molecule has 2 aromatic carbocycles. The van der Waals surface area contributed by atoms with Gasteiger partial charge in [-0.05, 0) is 11.1 Å². The molecule has 0 saturated carbocycles. The molecule has 5 nitrogen and oxygen atoms in total. The summed E-state index contributed by atoms with van der Waals surface area (Å²) < 4.78 is 5.02. The second-order valence-electron chi connectivity index (χ2n) is 5.46. The number of hydrogen-bond donors (Lipinski definition) is 1. The molecule has 0 aliphatic heterocycles. The highest BCUT2D eigenvalue weighted by Gasteiger charge is 2.15. The Morgan fingerprint density at radius 2 is 1.60 bits per heavy atom. The summed E-state index contributed by atoms with van der Waals surface area (Å²) in [6.07, 6.45) is 1.03. The smallest absolute Gasteiger partial charge is 0.407 e. The Morgan fingerprint density at radius 1 is 1.00 bits per heavy atom. The average molecular weight is 338 g/mol. The number of ether oxygens (including phenoxy) is 1. The van der Waals surface area contributed by atoms with Crippen molar-refractivity contribution in [2.24, 2.45) is 0 Å². The standard InChI is InChI=1S/C20H22N2O3/c1-2-13-22(15-18-11-7-4-8-12-18)19(23)16-25-20(24)21-14-17-9-5-3-6-10-17/h2-12H,1,13-16H2,(H,21,24). The highest BCUT2D eigenvalue weighted by atomic mass is 16.6. The zero-order valence-electron chi connectivity index (χ0n) is 14.1. The predicted octanol–water partition coefficient (Wildman–Crippen LogP) is 3.13. The third-order valence-electron chi connectivity index (χ3n) is 3.52. The lowest BCUT2D eigenvalue weighted by atomic mass is 10.2. The van der Waals surface area contributed by atoms with Gasteiger partial charge in [0, 0.05) is 19.6 Å². The zero-order valence-corrected chi connectivity index (χ0v) is 14.1. The predicted molar refractivity (Wildman–Crippen MR) is 96.7 cm³/mol. The summed E-state index contributed by atoms with van der Waals surface area (Å²) in [6.45, 7) is 4.56. The molecule has 0 bridgehead atoms. The first-order valence-corrected chi connectivity index (χ1v) is 8.06. The molecule has 130 valence electrons. The largest absolute Gasteiger partial charge is 0.439 e. The first-order chi connectivity index (χ1) is 12.2. The third kappa shape index (κ3) is 6.51. The summed E-state index contributed by atoms with van der Waals surface area (Å²) in [5.74, 6) is -0.265. The van der Waals surface area contributed by atoms with Crippen LogP contribution in [0.3, 0.4) is 0 Å². The van der Waals surface area contributed by atoms with Crippen LogP contribution in [0.15, 0.2) is 73.3 Å². The fourth-order valence-corrected chi connectivity index (χ4v) is 2.25. The minimum Gasteiger partial charge on any atom is -0.439 e. The van der Waals surface area contributed by atoms with Crippen molar-refractivity contribution >= 4 is 12.0 Å². The molecule has 0 fully saturated rings. The number of nitrogens with zero attached hydrogens (tertiary/aromatic N) is 1. The highest BCUT2D eigenvalue weighted by molar-refractivity contribution is 5.80. The fraction of sp³-hybridized carbons (Fsp3) is 0.200. The minimum atomic E-state index is -0.615. The van der Waals surface area contributed by atoms with Crippen LogP contribution in [0.25, 0.3) is 0 Å². The molecule has 0 unspecified atom stereocenters. The van der Waals surface area contributed by atoms with Crippen LogP contribution in [0, 0.1) is 0 Å². The van der Waals surface area contributed by atoms with Gasteiger partial charge in [0.25, 0.3) is 5.91 Å². The Hall–Kier alpha value is -3.08. The number of amides is 2. The Balaban J connectivity index is 1.79. The number of carbonyl (C=O) groups excluding carboxylic acids is 2. The maximum atomic E-state index is 12.3. The summed E-state index contributed by atoms with van der Waals surface area (Å²) in [7, 11) is 0. The van der Waals surface area contributed by atoms with E-state index in [0.29, 0.717) is 19.6 Å². The van der Waals surface area contributed by atoms with E-state index in [-0.39, 0.29) is 12.5 Å². The minimum absolute atomic E-state index is 0.265. The van der Waals surface area contributed by atoms with Gasteiger partial charge >= 0.3 is 6.09 Å². The molecule has 0 spiro atoms. The van der Waals surface area contributed by atoms with Crippen molar-refractivity contribution in [3.63, 3.8) is 0 Å². The van der Waals surface area contributed by atoms with E-state index in [2.05, 4.69) is 11.9 Å². The summed E-state index contributed by atoms with van der Waals surface area (Å²) in [4.78, 5) is 25.6. The quantitative estimate of drug-likeness (QED) is 0.752. The lowest BCUT2D eigenvalue weighted by molar-refractivity contribution is -0.134.